The number of aryl methyl sites for hydroxylation is 2. The largest absolute Gasteiger partial charge is 0.382 e. The molecular weight excluding hydrogens is 217 g/mol. The van der Waals surface area contributed by atoms with Crippen LogP contribution in [0.25, 0.3) is 0 Å². The number of aromatic nitrogens is 1. The molecule has 0 bridgehead atoms. The van der Waals surface area contributed by atoms with Crippen molar-refractivity contribution in [1.82, 2.24) is 4.98 Å². The highest BCUT2D eigenvalue weighted by Gasteiger charge is 2.16. The van der Waals surface area contributed by atoms with Gasteiger partial charge in [0.05, 0.1) is 5.69 Å². The van der Waals surface area contributed by atoms with Crippen LogP contribution in [0.3, 0.4) is 0 Å². The van der Waals surface area contributed by atoms with Crippen molar-refractivity contribution < 1.29 is 9.50 Å². The molecule has 1 unspecified atom stereocenters. The lowest BCUT2D eigenvalue weighted by Crippen LogP contribution is -2.05. The standard InChI is InChI=1S/C14H14FNO/c1-9-3-5-12(15)11(7-9)14(17)13-6-4-10(2)8-16-13/h3-8,14,17H,1-2H3. The van der Waals surface area contributed by atoms with E-state index >= 15 is 0 Å². The monoisotopic (exact) mass is 231 g/mol. The first kappa shape index (κ1) is 11.7. The van der Waals surface area contributed by atoms with Crippen LogP contribution >= 0.6 is 0 Å². The van der Waals surface area contributed by atoms with Crippen LogP contribution in [0.4, 0.5) is 4.39 Å². The number of nitrogens with zero attached hydrogens (tertiary/aromatic N) is 1. The molecule has 0 saturated carbocycles. The van der Waals surface area contributed by atoms with Crippen LogP contribution in [0.1, 0.15) is 28.5 Å². The van der Waals surface area contributed by atoms with E-state index in [9.17, 15) is 9.50 Å². The van der Waals surface area contributed by atoms with E-state index in [1.807, 2.05) is 19.9 Å². The third kappa shape index (κ3) is 2.50. The Kier molecular flexibility index (Phi) is 3.20. The van der Waals surface area contributed by atoms with E-state index in [0.29, 0.717) is 5.69 Å². The van der Waals surface area contributed by atoms with Gasteiger partial charge >= 0.3 is 0 Å². The Balaban J connectivity index is 2.39. The van der Waals surface area contributed by atoms with Crippen LogP contribution in [0, 0.1) is 19.7 Å². The number of hydrogen-bond acceptors (Lipinski definition) is 2. The minimum atomic E-state index is -1.02. The van der Waals surface area contributed by atoms with Crippen molar-refractivity contribution in [1.29, 1.82) is 0 Å². The van der Waals surface area contributed by atoms with Crippen molar-refractivity contribution in [2.45, 2.75) is 20.0 Å². The number of halogens is 1. The Labute approximate surface area is 99.8 Å². The predicted octanol–water partition coefficient (Wildman–Crippen LogP) is 2.92. The summed E-state index contributed by atoms with van der Waals surface area (Å²) in [4.78, 5) is 4.11. The summed E-state index contributed by atoms with van der Waals surface area (Å²) in [5.41, 5.74) is 2.64. The smallest absolute Gasteiger partial charge is 0.129 e. The fourth-order valence-corrected chi connectivity index (χ4v) is 1.67. The van der Waals surface area contributed by atoms with Gasteiger partial charge in [0, 0.05) is 11.8 Å². The summed E-state index contributed by atoms with van der Waals surface area (Å²) in [6.07, 6.45) is 0.641. The van der Waals surface area contributed by atoms with Gasteiger partial charge in [0.2, 0.25) is 0 Å². The summed E-state index contributed by atoms with van der Waals surface area (Å²) < 4.78 is 13.6. The van der Waals surface area contributed by atoms with E-state index in [4.69, 9.17) is 0 Å². The predicted molar refractivity (Wildman–Crippen MR) is 64.2 cm³/mol. The molecule has 2 nitrogen and oxygen atoms in total. The number of hydrogen-bond donors (Lipinski definition) is 1. The molecule has 88 valence electrons. The normalized spacial score (nSPS) is 12.5. The summed E-state index contributed by atoms with van der Waals surface area (Å²) in [7, 11) is 0. The summed E-state index contributed by atoms with van der Waals surface area (Å²) in [5.74, 6) is -0.412. The maximum Gasteiger partial charge on any atom is 0.129 e. The Hall–Kier alpha value is -1.74. The van der Waals surface area contributed by atoms with Gasteiger partial charge in [0.25, 0.3) is 0 Å². The van der Waals surface area contributed by atoms with Crippen molar-refractivity contribution in [3.8, 4) is 0 Å². The second-order valence-electron chi connectivity index (χ2n) is 4.19. The molecule has 0 aliphatic carbocycles. The second-order valence-corrected chi connectivity index (χ2v) is 4.19. The fraction of sp³-hybridized carbons (Fsp3) is 0.214. The van der Waals surface area contributed by atoms with Crippen molar-refractivity contribution in [3.05, 3.63) is 64.7 Å². The van der Waals surface area contributed by atoms with Gasteiger partial charge in [-0.25, -0.2) is 4.39 Å². The van der Waals surface area contributed by atoms with Gasteiger partial charge in [-0.15, -0.1) is 0 Å². The van der Waals surface area contributed by atoms with Crippen LogP contribution in [-0.2, 0) is 0 Å². The molecule has 1 N–H and O–H groups in total. The van der Waals surface area contributed by atoms with E-state index in [1.165, 1.54) is 6.07 Å². The first-order valence-corrected chi connectivity index (χ1v) is 5.44. The van der Waals surface area contributed by atoms with Crippen LogP contribution in [-0.4, -0.2) is 10.1 Å². The van der Waals surface area contributed by atoms with Crippen LogP contribution in [0.5, 0.6) is 0 Å². The van der Waals surface area contributed by atoms with E-state index in [-0.39, 0.29) is 5.56 Å². The topological polar surface area (TPSA) is 33.1 Å². The van der Waals surface area contributed by atoms with Crippen molar-refractivity contribution in [3.63, 3.8) is 0 Å². The fourth-order valence-electron chi connectivity index (χ4n) is 1.67. The Morgan fingerprint density at radius 3 is 2.47 bits per heavy atom. The van der Waals surface area contributed by atoms with Gasteiger partial charge in [0.15, 0.2) is 0 Å². The molecule has 1 aromatic heterocycles. The summed E-state index contributed by atoms with van der Waals surface area (Å²) in [6, 6.07) is 8.23. The van der Waals surface area contributed by atoms with Crippen molar-refractivity contribution >= 4 is 0 Å². The number of benzene rings is 1. The molecule has 0 fully saturated rings. The third-order valence-corrected chi connectivity index (χ3v) is 2.66. The van der Waals surface area contributed by atoms with Crippen LogP contribution < -0.4 is 0 Å². The number of rotatable bonds is 2. The zero-order valence-corrected chi connectivity index (χ0v) is 9.81. The summed E-state index contributed by atoms with van der Waals surface area (Å²) >= 11 is 0. The first-order valence-electron chi connectivity index (χ1n) is 5.44. The average Bonchev–Trinajstić information content (AvgIpc) is 2.32. The molecule has 0 amide bonds. The molecule has 0 radical (unpaired) electrons. The lowest BCUT2D eigenvalue weighted by Gasteiger charge is -2.12. The molecule has 1 atom stereocenters. The Bertz CT molecular complexity index is 522. The molecule has 3 heteroatoms. The molecule has 0 aliphatic heterocycles. The van der Waals surface area contributed by atoms with Crippen LogP contribution in [0.2, 0.25) is 0 Å². The minimum Gasteiger partial charge on any atom is -0.382 e. The maximum absolute atomic E-state index is 13.6. The molecular formula is C14H14FNO. The molecule has 2 rings (SSSR count). The summed E-state index contributed by atoms with van der Waals surface area (Å²) in [5, 5.41) is 10.1. The van der Waals surface area contributed by atoms with Gasteiger partial charge in [-0.05, 0) is 31.5 Å². The summed E-state index contributed by atoms with van der Waals surface area (Å²) in [6.45, 7) is 3.77. The number of aliphatic hydroxyl groups excluding tert-OH is 1. The lowest BCUT2D eigenvalue weighted by molar-refractivity contribution is 0.210. The Morgan fingerprint density at radius 2 is 1.82 bits per heavy atom. The SMILES string of the molecule is Cc1ccc(C(O)c2cc(C)ccc2F)nc1. The Morgan fingerprint density at radius 1 is 1.12 bits per heavy atom. The highest BCUT2D eigenvalue weighted by molar-refractivity contribution is 5.31. The minimum absolute atomic E-state index is 0.265. The molecule has 0 saturated heterocycles. The van der Waals surface area contributed by atoms with Crippen LogP contribution in [0.15, 0.2) is 36.5 Å². The first-order chi connectivity index (χ1) is 8.08. The highest BCUT2D eigenvalue weighted by Crippen LogP contribution is 2.23. The van der Waals surface area contributed by atoms with E-state index < -0.39 is 11.9 Å². The molecule has 2 aromatic rings. The van der Waals surface area contributed by atoms with E-state index in [1.54, 1.807) is 24.4 Å². The average molecular weight is 231 g/mol. The number of aliphatic hydroxyl groups is 1. The van der Waals surface area contributed by atoms with Gasteiger partial charge in [-0.1, -0.05) is 23.8 Å². The van der Waals surface area contributed by atoms with Gasteiger partial charge in [-0.2, -0.15) is 0 Å². The zero-order valence-electron chi connectivity index (χ0n) is 9.81. The van der Waals surface area contributed by atoms with Gasteiger partial charge < -0.3 is 5.11 Å². The molecule has 0 aliphatic rings. The molecule has 1 heterocycles. The maximum atomic E-state index is 13.6. The highest BCUT2D eigenvalue weighted by atomic mass is 19.1. The number of pyridine rings is 1. The van der Waals surface area contributed by atoms with Crippen molar-refractivity contribution in [2.24, 2.45) is 0 Å². The van der Waals surface area contributed by atoms with E-state index in [0.717, 1.165) is 11.1 Å². The van der Waals surface area contributed by atoms with Crippen molar-refractivity contribution in [2.75, 3.05) is 0 Å². The van der Waals surface area contributed by atoms with Gasteiger partial charge in [-0.3, -0.25) is 4.98 Å². The molecule has 1 aromatic carbocycles. The molecule has 0 spiro atoms. The lowest BCUT2D eigenvalue weighted by atomic mass is 10.0. The van der Waals surface area contributed by atoms with E-state index in [2.05, 4.69) is 4.98 Å². The quantitative estimate of drug-likeness (QED) is 0.862. The second kappa shape index (κ2) is 4.63. The zero-order chi connectivity index (χ0) is 12.4. The van der Waals surface area contributed by atoms with Gasteiger partial charge in [0.1, 0.15) is 11.9 Å². The molecule has 17 heavy (non-hydrogen) atoms. The third-order valence-electron chi connectivity index (χ3n) is 2.66.